The third-order valence-electron chi connectivity index (χ3n) is 16.0. The highest BCUT2D eigenvalue weighted by molar-refractivity contribution is 5.76. The van der Waals surface area contributed by atoms with E-state index in [4.69, 9.17) is 4.74 Å². The Kier molecular flexibility index (Phi) is 63.4. The fourth-order valence-electron chi connectivity index (χ4n) is 10.7. The molecule has 1 amide bonds. The first kappa shape index (κ1) is 73.3. The lowest BCUT2D eigenvalue weighted by atomic mass is 10.0. The molecule has 0 fully saturated rings. The maximum atomic E-state index is 12.5. The Hall–Kier alpha value is -1.66. The number of unbranched alkanes of at least 4 members (excludes halogenated alkanes) is 51. The number of hydrogen-bond donors (Lipinski definition) is 3. The summed E-state index contributed by atoms with van der Waals surface area (Å²) in [7, 11) is 0. The summed E-state index contributed by atoms with van der Waals surface area (Å²) in [6, 6.07) is -0.628. The van der Waals surface area contributed by atoms with Crippen molar-refractivity contribution in [2.75, 3.05) is 13.2 Å². The smallest absolute Gasteiger partial charge is 0.305 e. The number of esters is 1. The van der Waals surface area contributed by atoms with Gasteiger partial charge in [0, 0.05) is 12.8 Å². The van der Waals surface area contributed by atoms with Crippen LogP contribution in [-0.4, -0.2) is 47.4 Å². The van der Waals surface area contributed by atoms with Crippen LogP contribution in [0.3, 0.4) is 0 Å². The molecule has 3 N–H and O–H groups in total. The summed E-state index contributed by atoms with van der Waals surface area (Å²) >= 11 is 0. The SMILES string of the molecule is CCCCCCCCCCCCCC/C=C/C(O)C(CO)NC(=O)CCCCCCCCCCCCC/C=C\CCCCCCCCCCCCCCOC(=O)CCCCCCCCCCCCCCCCCCC. The third-order valence-corrected chi connectivity index (χ3v) is 16.0. The second kappa shape index (κ2) is 64.9. The van der Waals surface area contributed by atoms with Gasteiger partial charge in [-0.1, -0.05) is 334 Å². The standard InChI is InChI=1S/C69H133NO5/c1-3-5-7-9-11-13-15-17-19-31-35-39-43-47-51-55-59-63-69(74)75-64-60-56-52-48-44-40-36-33-30-28-26-24-22-20-21-23-25-27-29-32-34-38-42-46-50-54-58-62-68(73)70-66(65-71)67(72)61-57-53-49-45-41-37-18-16-14-12-10-8-6-4-2/h20-21,57,61,66-67,71-72H,3-19,22-56,58-60,62-65H2,1-2H3,(H,70,73)/b21-20-,61-57+. The molecule has 0 spiro atoms. The van der Waals surface area contributed by atoms with Gasteiger partial charge in [0.2, 0.25) is 5.91 Å². The van der Waals surface area contributed by atoms with E-state index in [-0.39, 0.29) is 18.5 Å². The third kappa shape index (κ3) is 61.4. The Bertz CT molecular complexity index is 1170. The molecule has 0 rings (SSSR count). The summed E-state index contributed by atoms with van der Waals surface area (Å²) in [4.78, 5) is 24.6. The molecule has 444 valence electrons. The molecule has 0 bridgehead atoms. The average Bonchev–Trinajstić information content (AvgIpc) is 3.41. The maximum Gasteiger partial charge on any atom is 0.305 e. The Morgan fingerprint density at radius 3 is 0.947 bits per heavy atom. The van der Waals surface area contributed by atoms with Gasteiger partial charge in [-0.15, -0.1) is 0 Å². The number of carbonyl (C=O) groups is 2. The first-order chi connectivity index (χ1) is 37.0. The number of nitrogens with one attached hydrogen (secondary N) is 1. The Morgan fingerprint density at radius 2 is 0.627 bits per heavy atom. The molecule has 6 nitrogen and oxygen atoms in total. The summed E-state index contributed by atoms with van der Waals surface area (Å²) in [5, 5.41) is 23.1. The van der Waals surface area contributed by atoms with Crippen molar-refractivity contribution in [3.63, 3.8) is 0 Å². The molecule has 2 atom stereocenters. The van der Waals surface area contributed by atoms with Crippen LogP contribution >= 0.6 is 0 Å². The number of aliphatic hydroxyl groups is 2. The molecule has 0 heterocycles. The van der Waals surface area contributed by atoms with E-state index in [0.717, 1.165) is 38.5 Å². The molecule has 0 aromatic rings. The van der Waals surface area contributed by atoms with Gasteiger partial charge in [0.05, 0.1) is 25.4 Å². The number of amides is 1. The highest BCUT2D eigenvalue weighted by Gasteiger charge is 2.18. The van der Waals surface area contributed by atoms with Crippen molar-refractivity contribution in [2.24, 2.45) is 0 Å². The molecule has 2 unspecified atom stereocenters. The lowest BCUT2D eigenvalue weighted by Gasteiger charge is -2.20. The zero-order chi connectivity index (χ0) is 54.3. The summed E-state index contributed by atoms with van der Waals surface area (Å²) in [5.41, 5.74) is 0. The second-order valence-electron chi connectivity index (χ2n) is 23.5. The van der Waals surface area contributed by atoms with Crippen LogP contribution < -0.4 is 5.32 Å². The van der Waals surface area contributed by atoms with Crippen LogP contribution in [0.25, 0.3) is 0 Å². The predicted octanol–water partition coefficient (Wildman–Crippen LogP) is 21.8. The van der Waals surface area contributed by atoms with Crippen molar-refractivity contribution in [3.05, 3.63) is 24.3 Å². The average molecular weight is 1060 g/mol. The van der Waals surface area contributed by atoms with Gasteiger partial charge in [-0.2, -0.15) is 0 Å². The van der Waals surface area contributed by atoms with Crippen LogP contribution in [0.1, 0.15) is 380 Å². The molecule has 0 saturated heterocycles. The molecule has 0 aromatic heterocycles. The highest BCUT2D eigenvalue weighted by Crippen LogP contribution is 2.18. The highest BCUT2D eigenvalue weighted by atomic mass is 16.5. The molecule has 0 aliphatic heterocycles. The number of ether oxygens (including phenoxy) is 1. The van der Waals surface area contributed by atoms with Gasteiger partial charge >= 0.3 is 5.97 Å². The fraction of sp³-hybridized carbons (Fsp3) is 0.913. The number of aliphatic hydroxyl groups excluding tert-OH is 2. The molecular weight excluding hydrogens is 923 g/mol. The van der Waals surface area contributed by atoms with E-state index in [1.807, 2.05) is 6.08 Å². The van der Waals surface area contributed by atoms with Crippen LogP contribution in [0.5, 0.6) is 0 Å². The molecule has 0 aliphatic carbocycles. The molecule has 75 heavy (non-hydrogen) atoms. The van der Waals surface area contributed by atoms with Crippen molar-refractivity contribution in [2.45, 2.75) is 392 Å². The van der Waals surface area contributed by atoms with Crippen LogP contribution in [-0.2, 0) is 14.3 Å². The molecule has 0 radical (unpaired) electrons. The molecule has 0 saturated carbocycles. The van der Waals surface area contributed by atoms with Crippen LogP contribution in [0, 0.1) is 0 Å². The van der Waals surface area contributed by atoms with Crippen LogP contribution in [0.4, 0.5) is 0 Å². The van der Waals surface area contributed by atoms with Gasteiger partial charge in [-0.05, 0) is 57.8 Å². The van der Waals surface area contributed by atoms with Crippen molar-refractivity contribution >= 4 is 11.9 Å². The van der Waals surface area contributed by atoms with Crippen LogP contribution in [0.2, 0.25) is 0 Å². The van der Waals surface area contributed by atoms with Gasteiger partial charge < -0.3 is 20.3 Å². The fourth-order valence-corrected chi connectivity index (χ4v) is 10.7. The molecule has 0 aromatic carbocycles. The molecule has 6 heteroatoms. The van der Waals surface area contributed by atoms with Crippen molar-refractivity contribution in [1.29, 1.82) is 0 Å². The topological polar surface area (TPSA) is 95.9 Å². The van der Waals surface area contributed by atoms with E-state index < -0.39 is 12.1 Å². The quantitative estimate of drug-likeness (QED) is 0.0320. The van der Waals surface area contributed by atoms with E-state index in [1.165, 1.54) is 315 Å². The minimum Gasteiger partial charge on any atom is -0.466 e. The maximum absolute atomic E-state index is 12.5. The van der Waals surface area contributed by atoms with Crippen LogP contribution in [0.15, 0.2) is 24.3 Å². The van der Waals surface area contributed by atoms with E-state index >= 15 is 0 Å². The molecule has 0 aliphatic rings. The summed E-state index contributed by atoms with van der Waals surface area (Å²) < 4.78 is 5.50. The lowest BCUT2D eigenvalue weighted by Crippen LogP contribution is -2.45. The first-order valence-corrected chi connectivity index (χ1v) is 34.1. The Balaban J connectivity index is 3.37. The zero-order valence-electron chi connectivity index (χ0n) is 50.8. The minimum absolute atomic E-state index is 0.0192. The van der Waals surface area contributed by atoms with Gasteiger partial charge in [-0.3, -0.25) is 9.59 Å². The van der Waals surface area contributed by atoms with Gasteiger partial charge in [0.1, 0.15) is 0 Å². The van der Waals surface area contributed by atoms with Gasteiger partial charge in [-0.25, -0.2) is 0 Å². The van der Waals surface area contributed by atoms with Crippen molar-refractivity contribution in [3.8, 4) is 0 Å². The van der Waals surface area contributed by atoms with Gasteiger partial charge in [0.25, 0.3) is 0 Å². The summed E-state index contributed by atoms with van der Waals surface area (Å²) in [6.45, 7) is 4.93. The number of carbonyl (C=O) groups excluding carboxylic acids is 2. The zero-order valence-corrected chi connectivity index (χ0v) is 50.8. The van der Waals surface area contributed by atoms with E-state index in [1.54, 1.807) is 6.08 Å². The first-order valence-electron chi connectivity index (χ1n) is 34.1. The monoisotopic (exact) mass is 1060 g/mol. The second-order valence-corrected chi connectivity index (χ2v) is 23.5. The Morgan fingerprint density at radius 1 is 0.360 bits per heavy atom. The normalized spacial score (nSPS) is 12.6. The van der Waals surface area contributed by atoms with Crippen molar-refractivity contribution in [1.82, 2.24) is 5.32 Å². The predicted molar refractivity (Wildman–Crippen MR) is 329 cm³/mol. The summed E-state index contributed by atoms with van der Waals surface area (Å²) in [6.07, 6.45) is 81.0. The number of allylic oxidation sites excluding steroid dienone is 3. The van der Waals surface area contributed by atoms with E-state index in [0.29, 0.717) is 19.4 Å². The number of hydrogen-bond acceptors (Lipinski definition) is 5. The number of rotatable bonds is 64. The molecular formula is C69H133NO5. The largest absolute Gasteiger partial charge is 0.466 e. The van der Waals surface area contributed by atoms with Crippen molar-refractivity contribution < 1.29 is 24.5 Å². The van der Waals surface area contributed by atoms with Gasteiger partial charge in [0.15, 0.2) is 0 Å². The van der Waals surface area contributed by atoms with E-state index in [9.17, 15) is 19.8 Å². The minimum atomic E-state index is -0.844. The lowest BCUT2D eigenvalue weighted by molar-refractivity contribution is -0.143. The Labute approximate surface area is 469 Å². The summed E-state index contributed by atoms with van der Waals surface area (Å²) in [5.74, 6) is -0.0478. The van der Waals surface area contributed by atoms with E-state index in [2.05, 4.69) is 31.3 Å².